The summed E-state index contributed by atoms with van der Waals surface area (Å²) in [5, 5.41) is 32.5. The summed E-state index contributed by atoms with van der Waals surface area (Å²) in [6.45, 7) is 1.98. The van der Waals surface area contributed by atoms with E-state index < -0.39 is 16.5 Å². The number of aryl methyl sites for hydroxylation is 1. The molecule has 4 aromatic rings. The lowest BCUT2D eigenvalue weighted by atomic mass is 9.92. The molecule has 11 nitrogen and oxygen atoms in total. The van der Waals surface area contributed by atoms with Crippen LogP contribution < -0.4 is 10.9 Å². The first kappa shape index (κ1) is 17.7. The highest BCUT2D eigenvalue weighted by Crippen LogP contribution is 2.41. The highest BCUT2D eigenvalue weighted by atomic mass is 16.6. The van der Waals surface area contributed by atoms with Crippen molar-refractivity contribution in [2.45, 2.75) is 13.0 Å². The third kappa shape index (κ3) is 2.71. The standard InChI is InChI=1S/C19H14N8O3/c1-10-2-4-12(5-3-10)17-14-15(11-6-8-13(9-7-11)27(29)30)21-22-18(28)16(14)20-19-23-24-25-26(17)19/h2-9,17H,1H3,(H,22,28)(H,20,23,25)/t17-/m0/s1. The SMILES string of the molecule is Cc1ccc([C@H]2c3c(-c4ccc([N+](=O)[O-])cc4)n[nH]c(=O)c3Nc3nnnn32)cc1. The Hall–Kier alpha value is -4.41. The van der Waals surface area contributed by atoms with Gasteiger partial charge in [0.2, 0.25) is 5.95 Å². The number of fused-ring (bicyclic) bond motifs is 2. The molecule has 0 aliphatic carbocycles. The minimum Gasteiger partial charge on any atom is -0.318 e. The molecule has 0 unspecified atom stereocenters. The van der Waals surface area contributed by atoms with Gasteiger partial charge in [-0.1, -0.05) is 34.9 Å². The lowest BCUT2D eigenvalue weighted by molar-refractivity contribution is -0.384. The largest absolute Gasteiger partial charge is 0.318 e. The summed E-state index contributed by atoms with van der Waals surface area (Å²) < 4.78 is 1.59. The second kappa shape index (κ2) is 6.58. The molecular formula is C19H14N8O3. The van der Waals surface area contributed by atoms with Crippen molar-refractivity contribution in [1.82, 2.24) is 30.4 Å². The van der Waals surface area contributed by atoms with Crippen molar-refractivity contribution in [3.8, 4) is 11.3 Å². The number of aromatic nitrogens is 6. The van der Waals surface area contributed by atoms with Crippen molar-refractivity contribution in [3.05, 3.63) is 85.7 Å². The van der Waals surface area contributed by atoms with Crippen LogP contribution in [0.25, 0.3) is 11.3 Å². The number of hydrogen-bond donors (Lipinski definition) is 2. The Morgan fingerprint density at radius 1 is 1.10 bits per heavy atom. The fraction of sp³-hybridized carbons (Fsp3) is 0.105. The quantitative estimate of drug-likeness (QED) is 0.345. The second-order valence-electron chi connectivity index (χ2n) is 6.88. The molecule has 2 aromatic heterocycles. The Morgan fingerprint density at radius 2 is 1.83 bits per heavy atom. The number of nitrogens with zero attached hydrogens (tertiary/aromatic N) is 6. The van der Waals surface area contributed by atoms with Crippen LogP contribution in [0.5, 0.6) is 0 Å². The van der Waals surface area contributed by atoms with Crippen molar-refractivity contribution < 1.29 is 4.92 Å². The molecule has 0 saturated heterocycles. The highest BCUT2D eigenvalue weighted by Gasteiger charge is 2.34. The summed E-state index contributed by atoms with van der Waals surface area (Å²) in [5.41, 5.74) is 3.46. The smallest absolute Gasteiger partial charge is 0.288 e. The van der Waals surface area contributed by atoms with E-state index in [1.165, 1.54) is 12.1 Å². The fourth-order valence-electron chi connectivity index (χ4n) is 3.56. The molecule has 0 amide bonds. The first-order valence-corrected chi connectivity index (χ1v) is 9.02. The summed E-state index contributed by atoms with van der Waals surface area (Å²) in [4.78, 5) is 23.1. The Morgan fingerprint density at radius 3 is 2.53 bits per heavy atom. The lowest BCUT2D eigenvalue weighted by Gasteiger charge is -2.27. The fourth-order valence-corrected chi connectivity index (χ4v) is 3.56. The summed E-state index contributed by atoms with van der Waals surface area (Å²) in [6, 6.07) is 13.3. The van der Waals surface area contributed by atoms with Gasteiger partial charge in [0, 0.05) is 23.3 Å². The number of nitro groups is 1. The van der Waals surface area contributed by atoms with Gasteiger partial charge in [-0.3, -0.25) is 14.9 Å². The minimum atomic E-state index is -0.508. The van der Waals surface area contributed by atoms with E-state index in [0.717, 1.165) is 11.1 Å². The van der Waals surface area contributed by atoms with Crippen LogP contribution in [-0.4, -0.2) is 35.3 Å². The van der Waals surface area contributed by atoms with Gasteiger partial charge in [-0.15, -0.1) is 0 Å². The van der Waals surface area contributed by atoms with Crippen molar-refractivity contribution in [3.63, 3.8) is 0 Å². The molecule has 1 aliphatic rings. The zero-order valence-corrected chi connectivity index (χ0v) is 15.6. The molecule has 1 aliphatic heterocycles. The van der Waals surface area contributed by atoms with Gasteiger partial charge in [-0.25, -0.2) is 5.10 Å². The number of non-ortho nitro benzene ring substituents is 1. The molecule has 1 atom stereocenters. The van der Waals surface area contributed by atoms with Gasteiger partial charge < -0.3 is 5.32 Å². The van der Waals surface area contributed by atoms with Gasteiger partial charge in [0.05, 0.1) is 10.6 Å². The average molecular weight is 402 g/mol. The molecule has 0 saturated carbocycles. The predicted octanol–water partition coefficient (Wildman–Crippen LogP) is 2.33. The summed E-state index contributed by atoms with van der Waals surface area (Å²) in [5.74, 6) is 0.333. The van der Waals surface area contributed by atoms with E-state index in [4.69, 9.17) is 0 Å². The minimum absolute atomic E-state index is 0.0342. The number of anilines is 2. The first-order valence-electron chi connectivity index (χ1n) is 9.02. The molecule has 11 heteroatoms. The molecule has 2 aromatic carbocycles. The maximum Gasteiger partial charge on any atom is 0.288 e. The highest BCUT2D eigenvalue weighted by molar-refractivity contribution is 5.75. The third-order valence-corrected chi connectivity index (χ3v) is 5.01. The van der Waals surface area contributed by atoms with Crippen molar-refractivity contribution >= 4 is 17.3 Å². The first-order chi connectivity index (χ1) is 14.5. The molecule has 0 bridgehead atoms. The Kier molecular flexibility index (Phi) is 3.88. The number of nitrogens with one attached hydrogen (secondary N) is 2. The monoisotopic (exact) mass is 402 g/mol. The molecule has 3 heterocycles. The molecule has 148 valence electrons. The number of benzene rings is 2. The van der Waals surface area contributed by atoms with E-state index in [-0.39, 0.29) is 11.4 Å². The van der Waals surface area contributed by atoms with Gasteiger partial charge in [0.25, 0.3) is 11.2 Å². The third-order valence-electron chi connectivity index (χ3n) is 5.01. The van der Waals surface area contributed by atoms with E-state index in [2.05, 4.69) is 31.0 Å². The summed E-state index contributed by atoms with van der Waals surface area (Å²) in [7, 11) is 0. The average Bonchev–Trinajstić information content (AvgIpc) is 3.22. The zero-order chi connectivity index (χ0) is 20.8. The van der Waals surface area contributed by atoms with Crippen molar-refractivity contribution in [1.29, 1.82) is 0 Å². The number of tetrazole rings is 1. The van der Waals surface area contributed by atoms with E-state index in [0.29, 0.717) is 22.8 Å². The maximum atomic E-state index is 12.6. The molecule has 5 rings (SSSR count). The Balaban J connectivity index is 1.76. The van der Waals surface area contributed by atoms with E-state index in [9.17, 15) is 14.9 Å². The van der Waals surface area contributed by atoms with Crippen molar-refractivity contribution in [2.24, 2.45) is 0 Å². The molecule has 0 fully saturated rings. The van der Waals surface area contributed by atoms with E-state index in [1.807, 2.05) is 31.2 Å². The Bertz CT molecular complexity index is 1330. The molecular weight excluding hydrogens is 388 g/mol. The predicted molar refractivity (Wildman–Crippen MR) is 106 cm³/mol. The molecule has 0 spiro atoms. The number of rotatable bonds is 3. The van der Waals surface area contributed by atoms with Gasteiger partial charge in [-0.05, 0) is 35.0 Å². The van der Waals surface area contributed by atoms with Gasteiger partial charge >= 0.3 is 0 Å². The van der Waals surface area contributed by atoms with Crippen molar-refractivity contribution in [2.75, 3.05) is 5.32 Å². The number of H-pyrrole nitrogens is 1. The summed E-state index contributed by atoms with van der Waals surface area (Å²) >= 11 is 0. The molecule has 0 radical (unpaired) electrons. The van der Waals surface area contributed by atoms with Gasteiger partial charge in [0.15, 0.2) is 0 Å². The normalized spacial score (nSPS) is 14.5. The summed E-state index contributed by atoms with van der Waals surface area (Å²) in [6.07, 6.45) is 0. The van der Waals surface area contributed by atoms with Crippen LogP contribution in [0, 0.1) is 17.0 Å². The number of nitro benzene ring substituents is 1. The van der Waals surface area contributed by atoms with Crippen LogP contribution in [0.15, 0.2) is 53.3 Å². The van der Waals surface area contributed by atoms with Crippen LogP contribution in [0.4, 0.5) is 17.3 Å². The van der Waals surface area contributed by atoms with Crippen LogP contribution >= 0.6 is 0 Å². The lowest BCUT2D eigenvalue weighted by Crippen LogP contribution is -2.29. The topological polar surface area (TPSA) is 145 Å². The number of aromatic amines is 1. The van der Waals surface area contributed by atoms with Crippen LogP contribution in [0.1, 0.15) is 22.7 Å². The number of hydrogen-bond acceptors (Lipinski definition) is 8. The van der Waals surface area contributed by atoms with Crippen LogP contribution in [0.3, 0.4) is 0 Å². The molecule has 2 N–H and O–H groups in total. The maximum absolute atomic E-state index is 12.6. The van der Waals surface area contributed by atoms with Gasteiger partial charge in [0.1, 0.15) is 11.7 Å². The molecule has 30 heavy (non-hydrogen) atoms. The van der Waals surface area contributed by atoms with Crippen LogP contribution in [-0.2, 0) is 0 Å². The van der Waals surface area contributed by atoms with Gasteiger partial charge in [-0.2, -0.15) is 9.78 Å². The second-order valence-corrected chi connectivity index (χ2v) is 6.88. The zero-order valence-electron chi connectivity index (χ0n) is 15.6. The van der Waals surface area contributed by atoms with Crippen LogP contribution in [0.2, 0.25) is 0 Å². The van der Waals surface area contributed by atoms with E-state index in [1.54, 1.807) is 16.8 Å². The Labute approximate surface area is 168 Å². The van der Waals surface area contributed by atoms with E-state index >= 15 is 0 Å².